The van der Waals surface area contributed by atoms with Crippen LogP contribution in [-0.4, -0.2) is 18.1 Å². The third-order valence-electron chi connectivity index (χ3n) is 4.39. The van der Waals surface area contributed by atoms with Crippen LogP contribution in [0.3, 0.4) is 0 Å². The normalized spacial score (nSPS) is 17.5. The van der Waals surface area contributed by atoms with Gasteiger partial charge in [-0.25, -0.2) is 4.98 Å². The van der Waals surface area contributed by atoms with E-state index in [2.05, 4.69) is 49.8 Å². The van der Waals surface area contributed by atoms with Crippen LogP contribution in [0.15, 0.2) is 12.3 Å². The average Bonchev–Trinajstić information content (AvgIpc) is 2.38. The van der Waals surface area contributed by atoms with Gasteiger partial charge in [0.05, 0.1) is 0 Å². The molecule has 0 aliphatic carbocycles. The molecule has 1 aliphatic rings. The monoisotopic (exact) mass is 246 g/mol. The summed E-state index contributed by atoms with van der Waals surface area (Å²) in [5, 5.41) is 0. The molecule has 0 aromatic carbocycles. The number of anilines is 1. The Morgan fingerprint density at radius 2 is 2.00 bits per heavy atom. The maximum absolute atomic E-state index is 4.63. The van der Waals surface area contributed by atoms with Gasteiger partial charge in [0.15, 0.2) is 0 Å². The van der Waals surface area contributed by atoms with Crippen LogP contribution >= 0.6 is 0 Å². The topological polar surface area (TPSA) is 16.1 Å². The summed E-state index contributed by atoms with van der Waals surface area (Å²) in [4.78, 5) is 7.08. The largest absolute Gasteiger partial charge is 0.357 e. The van der Waals surface area contributed by atoms with Crippen molar-refractivity contribution in [1.82, 2.24) is 4.98 Å². The number of rotatable bonds is 3. The summed E-state index contributed by atoms with van der Waals surface area (Å²) < 4.78 is 0. The van der Waals surface area contributed by atoms with Gasteiger partial charge in [-0.3, -0.25) is 0 Å². The predicted molar refractivity (Wildman–Crippen MR) is 78.1 cm³/mol. The standard InChI is InChI=1S/C16H26N2/c1-5-14-11-17-16(10-13(14)4)18-8-6-15(7-9-18)12(2)3/h10-12,15H,5-9H2,1-4H3. The number of aryl methyl sites for hydroxylation is 2. The van der Waals surface area contributed by atoms with Crippen molar-refractivity contribution in [3.63, 3.8) is 0 Å². The Morgan fingerprint density at radius 1 is 1.33 bits per heavy atom. The fraction of sp³-hybridized carbons (Fsp3) is 0.688. The third kappa shape index (κ3) is 2.85. The minimum atomic E-state index is 0.823. The SMILES string of the molecule is CCc1cnc(N2CCC(C(C)C)CC2)cc1C. The lowest BCUT2D eigenvalue weighted by Crippen LogP contribution is -2.35. The van der Waals surface area contributed by atoms with Gasteiger partial charge in [0.25, 0.3) is 0 Å². The molecule has 0 amide bonds. The first-order chi connectivity index (χ1) is 8.61. The van der Waals surface area contributed by atoms with E-state index in [9.17, 15) is 0 Å². The number of pyridine rings is 1. The van der Waals surface area contributed by atoms with Gasteiger partial charge in [0, 0.05) is 19.3 Å². The van der Waals surface area contributed by atoms with E-state index >= 15 is 0 Å². The summed E-state index contributed by atoms with van der Waals surface area (Å²) in [7, 11) is 0. The van der Waals surface area contributed by atoms with Gasteiger partial charge < -0.3 is 4.90 Å². The minimum Gasteiger partial charge on any atom is -0.357 e. The average molecular weight is 246 g/mol. The highest BCUT2D eigenvalue weighted by Gasteiger charge is 2.22. The van der Waals surface area contributed by atoms with E-state index in [0.717, 1.165) is 18.3 Å². The summed E-state index contributed by atoms with van der Waals surface area (Å²) in [6, 6.07) is 2.26. The molecule has 100 valence electrons. The summed E-state index contributed by atoms with van der Waals surface area (Å²) in [5.41, 5.74) is 2.75. The van der Waals surface area contributed by atoms with Crippen molar-refractivity contribution in [2.24, 2.45) is 11.8 Å². The Morgan fingerprint density at radius 3 is 2.50 bits per heavy atom. The van der Waals surface area contributed by atoms with Gasteiger partial charge in [-0.05, 0) is 55.2 Å². The van der Waals surface area contributed by atoms with Gasteiger partial charge in [-0.1, -0.05) is 20.8 Å². The summed E-state index contributed by atoms with van der Waals surface area (Å²) in [6.45, 7) is 11.4. The lowest BCUT2D eigenvalue weighted by molar-refractivity contribution is 0.310. The fourth-order valence-electron chi connectivity index (χ4n) is 2.91. The quantitative estimate of drug-likeness (QED) is 0.806. The van der Waals surface area contributed by atoms with Gasteiger partial charge in [-0.15, -0.1) is 0 Å². The summed E-state index contributed by atoms with van der Waals surface area (Å²) in [5.74, 6) is 2.90. The zero-order valence-corrected chi connectivity index (χ0v) is 12.2. The van der Waals surface area contributed by atoms with E-state index in [1.807, 2.05) is 0 Å². The first kappa shape index (κ1) is 13.4. The molecule has 1 aliphatic heterocycles. The van der Waals surface area contributed by atoms with Gasteiger partial charge in [-0.2, -0.15) is 0 Å². The van der Waals surface area contributed by atoms with E-state index in [1.54, 1.807) is 0 Å². The lowest BCUT2D eigenvalue weighted by atomic mass is 9.87. The number of piperidine rings is 1. The van der Waals surface area contributed by atoms with Crippen molar-refractivity contribution in [3.8, 4) is 0 Å². The Hall–Kier alpha value is -1.05. The lowest BCUT2D eigenvalue weighted by Gasteiger charge is -2.34. The van der Waals surface area contributed by atoms with Crippen LogP contribution in [0.5, 0.6) is 0 Å². The fourth-order valence-corrected chi connectivity index (χ4v) is 2.91. The first-order valence-electron chi connectivity index (χ1n) is 7.32. The number of hydrogen-bond donors (Lipinski definition) is 0. The highest BCUT2D eigenvalue weighted by Crippen LogP contribution is 2.27. The molecular weight excluding hydrogens is 220 g/mol. The van der Waals surface area contributed by atoms with Crippen LogP contribution < -0.4 is 4.90 Å². The second-order valence-electron chi connectivity index (χ2n) is 5.89. The molecule has 0 bridgehead atoms. The van der Waals surface area contributed by atoms with Crippen LogP contribution in [0.1, 0.15) is 44.7 Å². The van der Waals surface area contributed by atoms with Crippen molar-refractivity contribution in [2.45, 2.75) is 47.0 Å². The molecule has 0 radical (unpaired) electrons. The smallest absolute Gasteiger partial charge is 0.128 e. The molecule has 2 rings (SSSR count). The maximum Gasteiger partial charge on any atom is 0.128 e. The second-order valence-corrected chi connectivity index (χ2v) is 5.89. The van der Waals surface area contributed by atoms with E-state index < -0.39 is 0 Å². The molecule has 0 unspecified atom stereocenters. The molecule has 0 atom stereocenters. The van der Waals surface area contributed by atoms with Crippen molar-refractivity contribution >= 4 is 5.82 Å². The Balaban J connectivity index is 2.03. The third-order valence-corrected chi connectivity index (χ3v) is 4.39. The minimum absolute atomic E-state index is 0.823. The number of hydrogen-bond acceptors (Lipinski definition) is 2. The Labute approximate surface area is 111 Å². The van der Waals surface area contributed by atoms with Gasteiger partial charge in [0.2, 0.25) is 0 Å². The molecule has 0 saturated carbocycles. The highest BCUT2D eigenvalue weighted by atomic mass is 15.2. The van der Waals surface area contributed by atoms with Crippen molar-refractivity contribution in [1.29, 1.82) is 0 Å². The van der Waals surface area contributed by atoms with Crippen LogP contribution in [0, 0.1) is 18.8 Å². The zero-order chi connectivity index (χ0) is 13.1. The van der Waals surface area contributed by atoms with Gasteiger partial charge in [0.1, 0.15) is 5.82 Å². The van der Waals surface area contributed by atoms with E-state index in [-0.39, 0.29) is 0 Å². The summed E-state index contributed by atoms with van der Waals surface area (Å²) in [6.07, 6.45) is 5.76. The predicted octanol–water partition coefficient (Wildman–Crippen LogP) is 3.82. The molecular formula is C16H26N2. The van der Waals surface area contributed by atoms with Crippen LogP contribution in [0.25, 0.3) is 0 Å². The van der Waals surface area contributed by atoms with Crippen molar-refractivity contribution in [2.75, 3.05) is 18.0 Å². The number of nitrogens with zero attached hydrogens (tertiary/aromatic N) is 2. The van der Waals surface area contributed by atoms with Crippen molar-refractivity contribution < 1.29 is 0 Å². The molecule has 1 aromatic heterocycles. The van der Waals surface area contributed by atoms with E-state index in [4.69, 9.17) is 0 Å². The molecule has 18 heavy (non-hydrogen) atoms. The summed E-state index contributed by atoms with van der Waals surface area (Å²) >= 11 is 0. The van der Waals surface area contributed by atoms with E-state index in [0.29, 0.717) is 0 Å². The van der Waals surface area contributed by atoms with E-state index in [1.165, 1.54) is 42.9 Å². The molecule has 2 nitrogen and oxygen atoms in total. The maximum atomic E-state index is 4.63. The zero-order valence-electron chi connectivity index (χ0n) is 12.2. The molecule has 1 saturated heterocycles. The first-order valence-corrected chi connectivity index (χ1v) is 7.32. The highest BCUT2D eigenvalue weighted by molar-refractivity contribution is 5.43. The Bertz CT molecular complexity index is 390. The molecule has 1 aromatic rings. The Kier molecular flexibility index (Phi) is 4.26. The van der Waals surface area contributed by atoms with Crippen LogP contribution in [0.2, 0.25) is 0 Å². The molecule has 2 heteroatoms. The second kappa shape index (κ2) is 5.73. The van der Waals surface area contributed by atoms with Crippen molar-refractivity contribution in [3.05, 3.63) is 23.4 Å². The molecule has 0 N–H and O–H groups in total. The van der Waals surface area contributed by atoms with Crippen LogP contribution in [0.4, 0.5) is 5.82 Å². The number of aromatic nitrogens is 1. The molecule has 0 spiro atoms. The molecule has 2 heterocycles. The molecule has 1 fully saturated rings. The van der Waals surface area contributed by atoms with Crippen LogP contribution in [-0.2, 0) is 6.42 Å². The van der Waals surface area contributed by atoms with Gasteiger partial charge >= 0.3 is 0 Å².